The van der Waals surface area contributed by atoms with Gasteiger partial charge in [-0.2, -0.15) is 0 Å². The van der Waals surface area contributed by atoms with Crippen LogP contribution in [0.15, 0.2) is 48.6 Å². The molecule has 0 aromatic carbocycles. The van der Waals surface area contributed by atoms with Crippen LogP contribution in [0.1, 0.15) is 27.7 Å². The predicted molar refractivity (Wildman–Crippen MR) is 164 cm³/mol. The molecule has 0 radical (unpaired) electrons. The summed E-state index contributed by atoms with van der Waals surface area (Å²) in [6.45, 7) is 15.2. The second-order valence-electron chi connectivity index (χ2n) is 11.4. The van der Waals surface area contributed by atoms with Crippen molar-refractivity contribution in [2.24, 2.45) is 16.2 Å². The second kappa shape index (κ2) is 22.1. The monoisotopic (exact) mass is 662 g/mol. The molecule has 0 aromatic rings. The van der Waals surface area contributed by atoms with Crippen LogP contribution in [-0.2, 0) is 42.9 Å². The van der Waals surface area contributed by atoms with E-state index in [4.69, 9.17) is 54.3 Å². The minimum absolute atomic E-state index is 0.135. The van der Waals surface area contributed by atoms with E-state index in [1.54, 1.807) is 0 Å². The minimum Gasteiger partial charge on any atom is -0.461 e. The van der Waals surface area contributed by atoms with Gasteiger partial charge in [0.15, 0.2) is 0 Å². The first-order chi connectivity index (χ1) is 21.4. The summed E-state index contributed by atoms with van der Waals surface area (Å²) in [7, 11) is 0. The van der Waals surface area contributed by atoms with Crippen LogP contribution in [0.25, 0.3) is 0 Å². The van der Waals surface area contributed by atoms with Gasteiger partial charge in [0.1, 0.15) is 31.8 Å². The maximum atomic E-state index is 11.8. The fourth-order valence-electron chi connectivity index (χ4n) is 2.68. The molecule has 0 spiro atoms. The molecule has 264 valence electrons. The fraction of sp³-hybridized carbons (Fsp3) is 0.613. The third-order valence-corrected chi connectivity index (χ3v) is 6.26. The van der Waals surface area contributed by atoms with Gasteiger partial charge in [-0.1, -0.05) is 26.3 Å². The Morgan fingerprint density at radius 3 is 0.761 bits per heavy atom. The van der Waals surface area contributed by atoms with Crippen LogP contribution in [0.3, 0.4) is 0 Å². The summed E-state index contributed by atoms with van der Waals surface area (Å²) in [6, 6.07) is 0. The normalized spacial score (nSPS) is 11.3. The Hall–Kier alpha value is -3.44. The van der Waals surface area contributed by atoms with E-state index in [0.717, 1.165) is 0 Å². The van der Waals surface area contributed by atoms with Gasteiger partial charge in [0.25, 0.3) is 0 Å². The topological polar surface area (TPSA) is 236 Å². The lowest BCUT2D eigenvalue weighted by Gasteiger charge is -2.31. The van der Waals surface area contributed by atoms with Crippen molar-refractivity contribution in [2.45, 2.75) is 27.7 Å². The Labute approximate surface area is 269 Å². The number of rotatable bonds is 22. The van der Waals surface area contributed by atoms with Crippen molar-refractivity contribution in [3.8, 4) is 0 Å². The highest BCUT2D eigenvalue weighted by molar-refractivity contribution is 5.88. The molecule has 15 nitrogen and oxygen atoms in total. The Morgan fingerprint density at radius 1 is 0.413 bits per heavy atom. The van der Waals surface area contributed by atoms with Crippen molar-refractivity contribution in [2.75, 3.05) is 79.3 Å². The third kappa shape index (κ3) is 16.2. The van der Waals surface area contributed by atoms with Crippen molar-refractivity contribution in [1.29, 1.82) is 0 Å². The zero-order valence-corrected chi connectivity index (χ0v) is 27.2. The fourth-order valence-corrected chi connectivity index (χ4v) is 2.68. The Bertz CT molecular complexity index is 892. The van der Waals surface area contributed by atoms with E-state index < -0.39 is 79.8 Å². The number of ether oxygens (including phenoxy) is 5. The molecule has 0 bridgehead atoms. The van der Waals surface area contributed by atoms with E-state index in [1.807, 2.05) is 0 Å². The molecular weight excluding hydrogens is 612 g/mol. The van der Waals surface area contributed by atoms with Crippen molar-refractivity contribution in [3.05, 3.63) is 48.6 Å². The number of aliphatic hydroxyl groups is 6. The Kier molecular flexibility index (Phi) is 21.5. The highest BCUT2D eigenvalue weighted by Crippen LogP contribution is 2.23. The molecule has 0 aliphatic heterocycles. The molecule has 0 unspecified atom stereocenters. The molecule has 15 heteroatoms. The molecule has 46 heavy (non-hydrogen) atoms. The lowest BCUT2D eigenvalue weighted by molar-refractivity contribution is -0.165. The molecule has 0 atom stereocenters. The van der Waals surface area contributed by atoms with Gasteiger partial charge in [0.2, 0.25) is 0 Å². The van der Waals surface area contributed by atoms with E-state index in [2.05, 4.69) is 26.3 Å². The summed E-state index contributed by atoms with van der Waals surface area (Å²) >= 11 is 0. The lowest BCUT2D eigenvalue weighted by Crippen LogP contribution is -2.44. The molecule has 0 saturated carbocycles. The summed E-state index contributed by atoms with van der Waals surface area (Å²) in [6.07, 6.45) is 0. The summed E-state index contributed by atoms with van der Waals surface area (Å²) < 4.78 is 25.8. The average molecular weight is 663 g/mol. The number of hydrogen-bond donors (Lipinski definition) is 6. The smallest absolute Gasteiger partial charge is 0.333 e. The maximum Gasteiger partial charge on any atom is 0.333 e. The zero-order valence-electron chi connectivity index (χ0n) is 27.2. The van der Waals surface area contributed by atoms with Gasteiger partial charge in [-0.3, -0.25) is 0 Å². The average Bonchev–Trinajstić information content (AvgIpc) is 3.04. The van der Waals surface area contributed by atoms with Crippen LogP contribution >= 0.6 is 0 Å². The van der Waals surface area contributed by atoms with E-state index in [-0.39, 0.29) is 61.9 Å². The van der Waals surface area contributed by atoms with Gasteiger partial charge in [-0.15, -0.1) is 0 Å². The second-order valence-corrected chi connectivity index (χ2v) is 11.4. The predicted octanol–water partition coefficient (Wildman–Crippen LogP) is -0.620. The van der Waals surface area contributed by atoms with E-state index in [1.165, 1.54) is 27.7 Å². The van der Waals surface area contributed by atoms with Crippen molar-refractivity contribution in [1.82, 2.24) is 0 Å². The number of aliphatic hydroxyl groups excluding tert-OH is 6. The molecule has 0 saturated heterocycles. The summed E-state index contributed by atoms with van der Waals surface area (Å²) in [5, 5.41) is 54.2. The quantitative estimate of drug-likeness (QED) is 0.0481. The van der Waals surface area contributed by atoms with Gasteiger partial charge < -0.3 is 54.3 Å². The van der Waals surface area contributed by atoms with Gasteiger partial charge in [0.05, 0.1) is 63.7 Å². The Morgan fingerprint density at radius 2 is 0.609 bits per heavy atom. The molecule has 0 rings (SSSR count). The SMILES string of the molecule is C=C(C)C(=O)OCC(COC(=O)C(=C)C)(COC(=O)C(=C)C)COC(=O)C(=C)C.OCC(CO)(CO)COCC(CO)(CO)CO. The van der Waals surface area contributed by atoms with Crippen LogP contribution < -0.4 is 0 Å². The van der Waals surface area contributed by atoms with Crippen LogP contribution in [0.4, 0.5) is 0 Å². The van der Waals surface area contributed by atoms with Crippen molar-refractivity contribution in [3.63, 3.8) is 0 Å². The van der Waals surface area contributed by atoms with Gasteiger partial charge in [-0.25, -0.2) is 19.2 Å². The number of hydrogen-bond acceptors (Lipinski definition) is 15. The molecular formula is C31H50O15. The highest BCUT2D eigenvalue weighted by Gasteiger charge is 2.38. The van der Waals surface area contributed by atoms with Crippen LogP contribution in [0, 0.1) is 16.2 Å². The van der Waals surface area contributed by atoms with Crippen LogP contribution in [0.5, 0.6) is 0 Å². The van der Waals surface area contributed by atoms with Crippen molar-refractivity contribution < 1.29 is 73.5 Å². The lowest BCUT2D eigenvalue weighted by atomic mass is 9.91. The Balaban J connectivity index is 0. The largest absolute Gasteiger partial charge is 0.461 e. The summed E-state index contributed by atoms with van der Waals surface area (Å²) in [5.74, 6) is -2.84. The molecule has 0 aromatic heterocycles. The number of carbonyl (C=O) groups is 4. The number of carbonyl (C=O) groups excluding carboxylic acids is 4. The minimum atomic E-state index is -1.37. The van der Waals surface area contributed by atoms with Crippen LogP contribution in [0.2, 0.25) is 0 Å². The molecule has 0 aliphatic rings. The van der Waals surface area contributed by atoms with Gasteiger partial charge in [-0.05, 0) is 27.7 Å². The van der Waals surface area contributed by atoms with Gasteiger partial charge >= 0.3 is 23.9 Å². The first-order valence-electron chi connectivity index (χ1n) is 13.9. The molecule has 0 heterocycles. The summed E-state index contributed by atoms with van der Waals surface area (Å²) in [4.78, 5) is 47.4. The molecule has 0 aliphatic carbocycles. The van der Waals surface area contributed by atoms with Crippen molar-refractivity contribution >= 4 is 23.9 Å². The molecule has 0 fully saturated rings. The summed E-state index contributed by atoms with van der Waals surface area (Å²) in [5.41, 5.74) is -3.15. The van der Waals surface area contributed by atoms with Crippen LogP contribution in [-0.4, -0.2) is 134 Å². The maximum absolute atomic E-state index is 11.8. The van der Waals surface area contributed by atoms with E-state index in [9.17, 15) is 19.2 Å². The standard InChI is InChI=1S/C21H28O8.C10H22O7/c1-13(2)17(22)26-9-21(10-27-18(23)14(3)4,11-28-19(24)15(5)6)12-29-20(25)16(7)8;11-1-9(2-12,3-13)7-17-8-10(4-14,5-15)6-16/h1,3,5,7,9-12H2,2,4,6,8H3;11-16H,1-8H2. The highest BCUT2D eigenvalue weighted by atomic mass is 16.6. The third-order valence-electron chi connectivity index (χ3n) is 6.26. The number of esters is 4. The van der Waals surface area contributed by atoms with Gasteiger partial charge in [0, 0.05) is 22.3 Å². The first-order valence-corrected chi connectivity index (χ1v) is 13.9. The molecule has 0 amide bonds. The first kappa shape index (κ1) is 44.7. The van der Waals surface area contributed by atoms with E-state index >= 15 is 0 Å². The van der Waals surface area contributed by atoms with E-state index in [0.29, 0.717) is 0 Å². The zero-order chi connectivity index (χ0) is 36.1. The molecule has 6 N–H and O–H groups in total.